The summed E-state index contributed by atoms with van der Waals surface area (Å²) in [5.41, 5.74) is 1.44. The molecule has 1 saturated heterocycles. The van der Waals surface area contributed by atoms with Gasteiger partial charge in [0.2, 0.25) is 0 Å². The van der Waals surface area contributed by atoms with Crippen molar-refractivity contribution in [2.24, 2.45) is 0 Å². The van der Waals surface area contributed by atoms with Gasteiger partial charge in [-0.25, -0.2) is 9.97 Å². The van der Waals surface area contributed by atoms with Gasteiger partial charge in [-0.05, 0) is 44.4 Å². The minimum Gasteiger partial charge on any atom is -0.304 e. The monoisotopic (exact) mass is 337 g/mol. The van der Waals surface area contributed by atoms with E-state index in [1.165, 1.54) is 38.3 Å². The topological polar surface area (TPSA) is 71.0 Å². The zero-order valence-electron chi connectivity index (χ0n) is 14.3. The van der Waals surface area contributed by atoms with Gasteiger partial charge in [0, 0.05) is 18.4 Å². The molecule has 25 heavy (non-hydrogen) atoms. The molecular weight excluding hydrogens is 314 g/mol. The second kappa shape index (κ2) is 7.27. The summed E-state index contributed by atoms with van der Waals surface area (Å²) in [6.45, 7) is 1.15. The second-order valence-corrected chi connectivity index (χ2v) is 6.83. The van der Waals surface area contributed by atoms with Crippen LogP contribution in [0.2, 0.25) is 0 Å². The Bertz CT molecular complexity index is 730. The molecular formula is C19H23N5O. The number of likely N-dealkylation sites (tertiary alicyclic amines) is 1. The molecule has 1 amide bonds. The molecule has 130 valence electrons. The molecule has 1 atom stereocenters. The van der Waals surface area contributed by atoms with E-state index in [-0.39, 0.29) is 5.91 Å². The van der Waals surface area contributed by atoms with Gasteiger partial charge in [0.05, 0.1) is 17.9 Å². The van der Waals surface area contributed by atoms with Gasteiger partial charge in [-0.15, -0.1) is 0 Å². The minimum atomic E-state index is -0.243. The van der Waals surface area contributed by atoms with Crippen LogP contribution in [-0.2, 0) is 0 Å². The molecule has 0 spiro atoms. The number of carbonyl (C=O) groups excluding carboxylic acids is 1. The number of hydrogen-bond acceptors (Lipinski definition) is 5. The summed E-state index contributed by atoms with van der Waals surface area (Å²) in [7, 11) is 0. The summed E-state index contributed by atoms with van der Waals surface area (Å²) in [4.78, 5) is 27.8. The van der Waals surface area contributed by atoms with E-state index in [2.05, 4.69) is 31.2 Å². The molecule has 1 aliphatic carbocycles. The molecule has 2 aromatic heterocycles. The summed E-state index contributed by atoms with van der Waals surface area (Å²) in [5.74, 6) is 0.195. The summed E-state index contributed by atoms with van der Waals surface area (Å²) >= 11 is 0. The van der Waals surface area contributed by atoms with Gasteiger partial charge in [-0.2, -0.15) is 0 Å². The number of aromatic nitrogens is 3. The SMILES string of the molecule is O=C(Nc1cnccn1)c1cccc([C@H]2CCCN2C2CCCC2)n1. The van der Waals surface area contributed by atoms with Crippen LogP contribution in [0.5, 0.6) is 0 Å². The van der Waals surface area contributed by atoms with Gasteiger partial charge in [-0.3, -0.25) is 14.7 Å². The smallest absolute Gasteiger partial charge is 0.275 e. The van der Waals surface area contributed by atoms with Crippen LogP contribution in [0.1, 0.15) is 60.7 Å². The number of rotatable bonds is 4. The van der Waals surface area contributed by atoms with Crippen molar-refractivity contribution in [1.29, 1.82) is 0 Å². The van der Waals surface area contributed by atoms with Crippen molar-refractivity contribution in [3.8, 4) is 0 Å². The third kappa shape index (κ3) is 3.54. The quantitative estimate of drug-likeness (QED) is 0.927. The van der Waals surface area contributed by atoms with Crippen molar-refractivity contribution in [2.75, 3.05) is 11.9 Å². The normalized spacial score (nSPS) is 21.5. The number of nitrogens with zero attached hydrogens (tertiary/aromatic N) is 4. The van der Waals surface area contributed by atoms with Crippen LogP contribution in [0.4, 0.5) is 5.82 Å². The van der Waals surface area contributed by atoms with Crippen molar-refractivity contribution in [2.45, 2.75) is 50.6 Å². The third-order valence-corrected chi connectivity index (χ3v) is 5.24. The zero-order valence-corrected chi connectivity index (χ0v) is 14.3. The Morgan fingerprint density at radius 1 is 1.12 bits per heavy atom. The Kier molecular flexibility index (Phi) is 4.70. The molecule has 2 aromatic rings. The standard InChI is InChI=1S/C19H23N5O/c25-19(23-18-13-20-10-11-21-18)16-8-3-7-15(22-16)17-9-4-12-24(17)14-5-1-2-6-14/h3,7-8,10-11,13-14,17H,1-2,4-6,9,12H2,(H,21,23,25)/t17-/m1/s1. The Balaban J connectivity index is 1.51. The number of pyridine rings is 1. The first-order valence-corrected chi connectivity index (χ1v) is 9.11. The first kappa shape index (κ1) is 16.1. The molecule has 1 N–H and O–H groups in total. The average Bonchev–Trinajstić information content (AvgIpc) is 3.34. The number of amides is 1. The zero-order chi connectivity index (χ0) is 17.1. The fraction of sp³-hybridized carbons (Fsp3) is 0.474. The highest BCUT2D eigenvalue weighted by Crippen LogP contribution is 2.37. The Morgan fingerprint density at radius 3 is 2.80 bits per heavy atom. The van der Waals surface area contributed by atoms with E-state index in [1.54, 1.807) is 18.5 Å². The van der Waals surface area contributed by atoms with Crippen LogP contribution >= 0.6 is 0 Å². The van der Waals surface area contributed by atoms with Crippen LogP contribution in [0.3, 0.4) is 0 Å². The largest absolute Gasteiger partial charge is 0.304 e. The lowest BCUT2D eigenvalue weighted by molar-refractivity contribution is 0.102. The minimum absolute atomic E-state index is 0.243. The van der Waals surface area contributed by atoms with Crippen molar-refractivity contribution in [1.82, 2.24) is 19.9 Å². The van der Waals surface area contributed by atoms with Gasteiger partial charge in [0.15, 0.2) is 5.82 Å². The van der Waals surface area contributed by atoms with Crippen LogP contribution < -0.4 is 5.32 Å². The molecule has 2 fully saturated rings. The van der Waals surface area contributed by atoms with Crippen LogP contribution in [0.15, 0.2) is 36.8 Å². The summed E-state index contributed by atoms with van der Waals surface area (Å²) in [6.07, 6.45) is 12.2. The Labute approximate surface area is 147 Å². The summed E-state index contributed by atoms with van der Waals surface area (Å²) in [5, 5.41) is 2.75. The maximum atomic E-state index is 12.5. The highest BCUT2D eigenvalue weighted by Gasteiger charge is 2.34. The van der Waals surface area contributed by atoms with E-state index in [1.807, 2.05) is 6.07 Å². The van der Waals surface area contributed by atoms with E-state index >= 15 is 0 Å². The fourth-order valence-electron chi connectivity index (χ4n) is 4.09. The third-order valence-electron chi connectivity index (χ3n) is 5.24. The van der Waals surface area contributed by atoms with Gasteiger partial charge >= 0.3 is 0 Å². The van der Waals surface area contributed by atoms with Crippen LogP contribution in [-0.4, -0.2) is 38.3 Å². The molecule has 0 unspecified atom stereocenters. The summed E-state index contributed by atoms with van der Waals surface area (Å²) in [6, 6.07) is 6.76. The van der Waals surface area contributed by atoms with Crippen molar-refractivity contribution >= 4 is 11.7 Å². The van der Waals surface area contributed by atoms with E-state index < -0.39 is 0 Å². The van der Waals surface area contributed by atoms with Crippen molar-refractivity contribution in [3.05, 3.63) is 48.2 Å². The molecule has 0 radical (unpaired) electrons. The lowest BCUT2D eigenvalue weighted by Gasteiger charge is -2.30. The van der Waals surface area contributed by atoms with Crippen molar-refractivity contribution in [3.63, 3.8) is 0 Å². The maximum Gasteiger partial charge on any atom is 0.275 e. The van der Waals surface area contributed by atoms with Gasteiger partial charge in [0.25, 0.3) is 5.91 Å². The summed E-state index contributed by atoms with van der Waals surface area (Å²) < 4.78 is 0. The molecule has 6 nitrogen and oxygen atoms in total. The first-order chi connectivity index (χ1) is 12.3. The lowest BCUT2D eigenvalue weighted by Crippen LogP contribution is -2.33. The molecule has 6 heteroatoms. The average molecular weight is 337 g/mol. The van der Waals surface area contributed by atoms with E-state index in [4.69, 9.17) is 0 Å². The molecule has 4 rings (SSSR count). The van der Waals surface area contributed by atoms with E-state index in [0.717, 1.165) is 18.7 Å². The van der Waals surface area contributed by atoms with Crippen LogP contribution in [0, 0.1) is 0 Å². The molecule has 2 aliphatic rings. The highest BCUT2D eigenvalue weighted by molar-refractivity contribution is 6.02. The molecule has 0 aromatic carbocycles. The van der Waals surface area contributed by atoms with Gasteiger partial charge < -0.3 is 5.32 Å². The van der Waals surface area contributed by atoms with Crippen LogP contribution in [0.25, 0.3) is 0 Å². The number of anilines is 1. The first-order valence-electron chi connectivity index (χ1n) is 9.11. The Hall–Kier alpha value is -2.34. The lowest BCUT2D eigenvalue weighted by atomic mass is 10.1. The predicted octanol–water partition coefficient (Wildman–Crippen LogP) is 3.20. The van der Waals surface area contributed by atoms with Crippen molar-refractivity contribution < 1.29 is 4.79 Å². The molecule has 0 bridgehead atoms. The molecule has 3 heterocycles. The second-order valence-electron chi connectivity index (χ2n) is 6.83. The Morgan fingerprint density at radius 2 is 2.00 bits per heavy atom. The van der Waals surface area contributed by atoms with Gasteiger partial charge in [-0.1, -0.05) is 18.9 Å². The fourth-order valence-corrected chi connectivity index (χ4v) is 4.09. The number of nitrogens with one attached hydrogen (secondary N) is 1. The van der Waals surface area contributed by atoms with E-state index in [0.29, 0.717) is 23.6 Å². The predicted molar refractivity (Wildman–Crippen MR) is 95.2 cm³/mol. The van der Waals surface area contributed by atoms with Gasteiger partial charge in [0.1, 0.15) is 5.69 Å². The maximum absolute atomic E-state index is 12.5. The highest BCUT2D eigenvalue weighted by atomic mass is 16.1. The number of hydrogen-bond donors (Lipinski definition) is 1. The molecule has 1 saturated carbocycles. The number of carbonyl (C=O) groups is 1. The van der Waals surface area contributed by atoms with E-state index in [9.17, 15) is 4.79 Å². The molecule has 1 aliphatic heterocycles.